The molecule has 1 N–H and O–H groups in total. The molecule has 0 aliphatic carbocycles. The molecule has 0 spiro atoms. The second-order valence-corrected chi connectivity index (χ2v) is 6.57. The average Bonchev–Trinajstić information content (AvgIpc) is 3.35. The first-order valence-electron chi connectivity index (χ1n) is 9.00. The lowest BCUT2D eigenvalue weighted by Crippen LogP contribution is -2.28. The third-order valence-electron chi connectivity index (χ3n) is 4.74. The van der Waals surface area contributed by atoms with Crippen LogP contribution in [0.5, 0.6) is 5.75 Å². The van der Waals surface area contributed by atoms with Gasteiger partial charge in [0.2, 0.25) is 0 Å². The van der Waals surface area contributed by atoms with Gasteiger partial charge in [-0.1, -0.05) is 12.1 Å². The summed E-state index contributed by atoms with van der Waals surface area (Å²) in [5, 5.41) is 2.81. The summed E-state index contributed by atoms with van der Waals surface area (Å²) >= 11 is 0. The van der Waals surface area contributed by atoms with Gasteiger partial charge < -0.3 is 14.5 Å². The van der Waals surface area contributed by atoms with Crippen LogP contribution in [0.25, 0.3) is 0 Å². The Morgan fingerprint density at radius 3 is 2.48 bits per heavy atom. The van der Waals surface area contributed by atoms with Gasteiger partial charge in [-0.2, -0.15) is 0 Å². The van der Waals surface area contributed by atoms with E-state index in [1.54, 1.807) is 25.3 Å². The Labute approximate surface area is 166 Å². The molecule has 4 rings (SSSR count). The Kier molecular flexibility index (Phi) is 4.87. The van der Waals surface area contributed by atoms with Gasteiger partial charge in [0.15, 0.2) is 0 Å². The van der Waals surface area contributed by atoms with Gasteiger partial charge in [-0.05, 0) is 48.0 Å². The molecule has 0 radical (unpaired) electrons. The van der Waals surface area contributed by atoms with Crippen LogP contribution in [0.4, 0.5) is 0 Å². The highest BCUT2D eigenvalue weighted by Gasteiger charge is 2.36. The van der Waals surface area contributed by atoms with Gasteiger partial charge in [0.1, 0.15) is 11.5 Å². The van der Waals surface area contributed by atoms with E-state index >= 15 is 0 Å². The monoisotopic (exact) mass is 390 g/mol. The molecule has 1 aliphatic rings. The fourth-order valence-corrected chi connectivity index (χ4v) is 3.16. The summed E-state index contributed by atoms with van der Waals surface area (Å²) < 4.78 is 10.3. The van der Waals surface area contributed by atoms with Gasteiger partial charge in [0, 0.05) is 12.1 Å². The molecule has 0 saturated carbocycles. The molecule has 7 nitrogen and oxygen atoms in total. The molecule has 2 aromatic carbocycles. The fourth-order valence-electron chi connectivity index (χ4n) is 3.16. The number of carbonyl (C=O) groups excluding carboxylic acids is 3. The molecule has 29 heavy (non-hydrogen) atoms. The number of rotatable bonds is 6. The molecule has 2 heterocycles. The Morgan fingerprint density at radius 2 is 1.79 bits per heavy atom. The van der Waals surface area contributed by atoms with Crippen molar-refractivity contribution < 1.29 is 23.5 Å². The third kappa shape index (κ3) is 3.62. The number of methoxy groups -OCH3 is 1. The second-order valence-electron chi connectivity index (χ2n) is 6.57. The molecule has 7 heteroatoms. The Balaban J connectivity index is 1.47. The number of hydrogen-bond acceptors (Lipinski definition) is 5. The van der Waals surface area contributed by atoms with Gasteiger partial charge in [-0.3, -0.25) is 19.3 Å². The summed E-state index contributed by atoms with van der Waals surface area (Å²) in [4.78, 5) is 38.8. The van der Waals surface area contributed by atoms with Crippen molar-refractivity contribution in [1.29, 1.82) is 0 Å². The molecule has 146 valence electrons. The van der Waals surface area contributed by atoms with Crippen LogP contribution in [-0.2, 0) is 13.1 Å². The Hall–Kier alpha value is -3.87. The molecular weight excluding hydrogens is 372 g/mol. The summed E-state index contributed by atoms with van der Waals surface area (Å²) in [6.45, 7) is 0.385. The first-order chi connectivity index (χ1) is 14.1. The van der Waals surface area contributed by atoms with Crippen LogP contribution >= 0.6 is 0 Å². The van der Waals surface area contributed by atoms with Crippen molar-refractivity contribution in [3.63, 3.8) is 0 Å². The van der Waals surface area contributed by atoms with Crippen molar-refractivity contribution >= 4 is 17.7 Å². The zero-order valence-corrected chi connectivity index (χ0v) is 15.7. The first-order valence-corrected chi connectivity index (χ1v) is 9.00. The van der Waals surface area contributed by atoms with E-state index in [4.69, 9.17) is 9.15 Å². The number of ether oxygens (including phenoxy) is 1. The summed E-state index contributed by atoms with van der Waals surface area (Å²) in [5.41, 5.74) is 1.74. The number of fused-ring (bicyclic) bond motifs is 1. The molecule has 0 saturated heterocycles. The van der Waals surface area contributed by atoms with E-state index in [-0.39, 0.29) is 23.6 Å². The summed E-state index contributed by atoms with van der Waals surface area (Å²) in [6.07, 6.45) is 1.48. The standard InChI is InChI=1S/C22H18N2O5/c1-28-16-7-4-14(5-8-16)12-23-20(25)15-6-9-18-19(11-15)22(27)24(21(18)26)13-17-3-2-10-29-17/h2-11H,12-13H2,1H3,(H,23,25). The summed E-state index contributed by atoms with van der Waals surface area (Å²) in [7, 11) is 1.59. The minimum atomic E-state index is -0.439. The van der Waals surface area contributed by atoms with Crippen molar-refractivity contribution in [3.8, 4) is 5.75 Å². The van der Waals surface area contributed by atoms with E-state index in [0.29, 0.717) is 17.9 Å². The number of furan rings is 1. The largest absolute Gasteiger partial charge is 0.497 e. The summed E-state index contributed by atoms with van der Waals surface area (Å²) in [5.74, 6) is 0.0871. The van der Waals surface area contributed by atoms with E-state index in [9.17, 15) is 14.4 Å². The second kappa shape index (κ2) is 7.63. The zero-order chi connectivity index (χ0) is 20.4. The van der Waals surface area contributed by atoms with Gasteiger partial charge in [0.25, 0.3) is 17.7 Å². The van der Waals surface area contributed by atoms with Crippen LogP contribution in [0.2, 0.25) is 0 Å². The minimum Gasteiger partial charge on any atom is -0.497 e. The van der Waals surface area contributed by atoms with Gasteiger partial charge in [-0.15, -0.1) is 0 Å². The highest BCUT2D eigenvalue weighted by Crippen LogP contribution is 2.26. The molecular formula is C22H18N2O5. The molecule has 3 aromatic rings. The first kappa shape index (κ1) is 18.5. The van der Waals surface area contributed by atoms with Crippen molar-refractivity contribution in [3.05, 3.63) is 88.9 Å². The van der Waals surface area contributed by atoms with E-state index in [1.807, 2.05) is 24.3 Å². The maximum Gasteiger partial charge on any atom is 0.261 e. The summed E-state index contributed by atoms with van der Waals surface area (Å²) in [6, 6.07) is 15.3. The van der Waals surface area contributed by atoms with Crippen LogP contribution in [-0.4, -0.2) is 29.7 Å². The van der Waals surface area contributed by atoms with E-state index < -0.39 is 11.8 Å². The minimum absolute atomic E-state index is 0.0539. The number of carbonyl (C=O) groups is 3. The van der Waals surface area contributed by atoms with E-state index in [0.717, 1.165) is 16.2 Å². The highest BCUT2D eigenvalue weighted by atomic mass is 16.5. The molecule has 1 aliphatic heterocycles. The lowest BCUT2D eigenvalue weighted by molar-refractivity contribution is 0.0631. The Bertz CT molecular complexity index is 1070. The van der Waals surface area contributed by atoms with Crippen LogP contribution in [0, 0.1) is 0 Å². The lowest BCUT2D eigenvalue weighted by atomic mass is 10.1. The van der Waals surface area contributed by atoms with Crippen molar-refractivity contribution in [2.45, 2.75) is 13.1 Å². The van der Waals surface area contributed by atoms with Crippen LogP contribution in [0.15, 0.2) is 65.3 Å². The predicted octanol–water partition coefficient (Wildman–Crippen LogP) is 3.01. The SMILES string of the molecule is COc1ccc(CNC(=O)c2ccc3c(c2)C(=O)N(Cc2ccco2)C3=O)cc1. The van der Waals surface area contributed by atoms with Crippen LogP contribution in [0.3, 0.4) is 0 Å². The maximum atomic E-state index is 12.7. The lowest BCUT2D eigenvalue weighted by Gasteiger charge is -2.11. The van der Waals surface area contributed by atoms with Crippen LogP contribution in [0.1, 0.15) is 42.4 Å². The van der Waals surface area contributed by atoms with Crippen molar-refractivity contribution in [2.75, 3.05) is 7.11 Å². The normalized spacial score (nSPS) is 12.8. The average molecular weight is 390 g/mol. The molecule has 0 fully saturated rings. The maximum absolute atomic E-state index is 12.7. The predicted molar refractivity (Wildman–Crippen MR) is 104 cm³/mol. The number of nitrogens with one attached hydrogen (secondary N) is 1. The number of nitrogens with zero attached hydrogens (tertiary/aromatic N) is 1. The zero-order valence-electron chi connectivity index (χ0n) is 15.7. The smallest absolute Gasteiger partial charge is 0.261 e. The van der Waals surface area contributed by atoms with Gasteiger partial charge >= 0.3 is 0 Å². The fraction of sp³-hybridized carbons (Fsp3) is 0.136. The van der Waals surface area contributed by atoms with Gasteiger partial charge in [0.05, 0.1) is 31.0 Å². The highest BCUT2D eigenvalue weighted by molar-refractivity contribution is 6.22. The van der Waals surface area contributed by atoms with Crippen LogP contribution < -0.4 is 10.1 Å². The number of hydrogen-bond donors (Lipinski definition) is 1. The molecule has 0 unspecified atom stereocenters. The molecule has 1 aromatic heterocycles. The van der Waals surface area contributed by atoms with E-state index in [2.05, 4.69) is 5.32 Å². The molecule has 3 amide bonds. The third-order valence-corrected chi connectivity index (χ3v) is 4.74. The van der Waals surface area contributed by atoms with Crippen molar-refractivity contribution in [1.82, 2.24) is 10.2 Å². The van der Waals surface area contributed by atoms with Gasteiger partial charge in [-0.25, -0.2) is 0 Å². The quantitative estimate of drug-likeness (QED) is 0.654. The molecule has 0 bridgehead atoms. The number of imide groups is 1. The number of benzene rings is 2. The molecule has 0 atom stereocenters. The topological polar surface area (TPSA) is 88.8 Å². The number of amides is 3. The Morgan fingerprint density at radius 1 is 1.03 bits per heavy atom. The van der Waals surface area contributed by atoms with E-state index in [1.165, 1.54) is 18.4 Å². The van der Waals surface area contributed by atoms with Crippen molar-refractivity contribution in [2.24, 2.45) is 0 Å².